The van der Waals surface area contributed by atoms with Crippen LogP contribution in [0.5, 0.6) is 40.2 Å². The van der Waals surface area contributed by atoms with E-state index in [9.17, 15) is 65.4 Å². The van der Waals surface area contributed by atoms with Crippen molar-refractivity contribution >= 4 is 82.1 Å². The van der Waals surface area contributed by atoms with Crippen molar-refractivity contribution in [2.45, 2.75) is 241 Å². The summed E-state index contributed by atoms with van der Waals surface area (Å²) in [6.07, 6.45) is -22.6. The normalized spacial score (nSPS) is 29.0. The molecule has 36 nitrogen and oxygen atoms in total. The number of nitrogens with one attached hydrogen (secondary N) is 9. The van der Waals surface area contributed by atoms with Gasteiger partial charge in [0.25, 0.3) is 0 Å². The van der Waals surface area contributed by atoms with Gasteiger partial charge in [-0.25, -0.2) is 4.79 Å². The zero-order valence-electron chi connectivity index (χ0n) is 73.6. The summed E-state index contributed by atoms with van der Waals surface area (Å²) in [5.41, 5.74) is 3.85. The van der Waals surface area contributed by atoms with E-state index in [1.807, 2.05) is 50.2 Å². The van der Waals surface area contributed by atoms with E-state index in [1.165, 1.54) is 78.1 Å². The summed E-state index contributed by atoms with van der Waals surface area (Å²) in [5.74, 6) is -14.9. The van der Waals surface area contributed by atoms with E-state index < -0.39 is 246 Å². The van der Waals surface area contributed by atoms with E-state index in [0.717, 1.165) is 34.9 Å². The number of fused-ring (bicyclic) bond motifs is 15. The lowest BCUT2D eigenvalue weighted by Gasteiger charge is -2.48. The second-order valence-corrected chi connectivity index (χ2v) is 36.0. The van der Waals surface area contributed by atoms with Gasteiger partial charge in [-0.2, -0.15) is 0 Å². The van der Waals surface area contributed by atoms with Crippen LogP contribution < -0.4 is 67.8 Å². The molecule has 131 heavy (non-hydrogen) atoms. The Morgan fingerprint density at radius 2 is 1.26 bits per heavy atom. The zero-order chi connectivity index (χ0) is 95.2. The maximum Gasteiger partial charge on any atom is 0.330 e. The Hall–Kier alpha value is -10.4. The number of carbonyl (C=O) groups is 8. The van der Waals surface area contributed by atoms with Gasteiger partial charge in [-0.1, -0.05) is 103 Å². The molecular weight excluding hydrogens is 1770 g/mol. The molecule has 0 aliphatic carbocycles. The van der Waals surface area contributed by atoms with Gasteiger partial charge in [0.2, 0.25) is 53.4 Å². The average Bonchev–Trinajstić information content (AvgIpc) is 0.750. The van der Waals surface area contributed by atoms with Gasteiger partial charge in [0.1, 0.15) is 83.7 Å². The third kappa shape index (κ3) is 20.4. The van der Waals surface area contributed by atoms with Crippen LogP contribution in [0.2, 0.25) is 15.1 Å². The third-order valence-corrected chi connectivity index (χ3v) is 26.4. The highest BCUT2D eigenvalue weighted by atomic mass is 35.5. The van der Waals surface area contributed by atoms with Gasteiger partial charge in [0.05, 0.1) is 60.1 Å². The number of phenols is 2. The van der Waals surface area contributed by atoms with Gasteiger partial charge in [0.15, 0.2) is 36.2 Å². The molecule has 0 aromatic heterocycles. The van der Waals surface area contributed by atoms with Crippen LogP contribution in [0.25, 0.3) is 22.3 Å². The number of rotatable bonds is 21. The maximum absolute atomic E-state index is 16.8. The summed E-state index contributed by atoms with van der Waals surface area (Å²) in [6.45, 7) is 14.2. The molecule has 8 heterocycles. The second kappa shape index (κ2) is 40.2. The highest BCUT2D eigenvalue weighted by molar-refractivity contribution is 6.33. The Morgan fingerprint density at radius 3 is 1.89 bits per heavy atom. The zero-order valence-corrected chi connectivity index (χ0v) is 75.9. The first-order valence-corrected chi connectivity index (χ1v) is 43.8. The lowest BCUT2D eigenvalue weighted by atomic mass is 9.84. The topological polar surface area (TPSA) is 547 Å². The van der Waals surface area contributed by atoms with Crippen LogP contribution in [0.4, 0.5) is 0 Å². The van der Waals surface area contributed by atoms with Crippen LogP contribution in [-0.4, -0.2) is 222 Å². The van der Waals surface area contributed by atoms with Crippen LogP contribution in [0.3, 0.4) is 0 Å². The number of hydrogen-bond acceptors (Lipinski definition) is 28. The summed E-state index contributed by atoms with van der Waals surface area (Å²) in [7, 11) is 3.06. The highest BCUT2D eigenvalue weighted by Crippen LogP contribution is 2.52. The monoisotopic (exact) mass is 1870 g/mol. The summed E-state index contributed by atoms with van der Waals surface area (Å²) >= 11 is 21.3. The van der Waals surface area contributed by atoms with Crippen molar-refractivity contribution in [1.82, 2.24) is 47.9 Å². The van der Waals surface area contributed by atoms with Crippen molar-refractivity contribution in [3.63, 3.8) is 0 Å². The van der Waals surface area contributed by atoms with E-state index in [-0.39, 0.29) is 103 Å². The second-order valence-electron chi connectivity index (χ2n) is 34.8. The Kier molecular flexibility index (Phi) is 30.1. The molecule has 8 aliphatic rings. The number of benzene rings is 7. The highest BCUT2D eigenvalue weighted by Gasteiger charge is 2.54. The standard InChI is InChI=1S/C92H109Cl3N10O26/c1-37(2)25-56(97-11)83(116)104-71-74(111)52-29-55(94)77(39(4)38(52)3)127-61-28-49-27-60(79(61)131-90-80(76(113)75(112)62(36-107)128-90)130-65-33-92(10,82(115)43(8)125-65)99-34-44-13-15-45(16-14-44)46-19-21-50(93)22-20-46)126-59-24-23-51(40(5)67(59)95)78(129-64-32-91(9,98-12)81(114)42(7)124-64)72-88(121)103-70(89(122)123)54-30-58(108)41(6)73(110)66(54)53-26-47(17-18-48(53)35-106)68(85(118)105-72)102-86(119)69(49)101-84(117)57(31-63(96)109)100-87(71)120/h13-24,26-30,37,42-43,56-57,62,64-65,68-72,74-76,78,80-82,90,97-99,106-108,110-115H,25,31-36H2,1-12H3,(H2,96,109)(H,100,120)(H,101,117)(H,102,119)(H,103,121)(H,104,116)(H,105,118)(H,122,123)/t42-,43-,56+,57-,62+,64-,65-,68+,69+,70-,71+,72-,74+,75+,76-,78+,80+,81-,82-,90-,91-,92-/m0/s1. The fraction of sp³-hybridized carbons (Fsp3) is 0.457. The molecule has 21 N–H and O–H groups in total. The van der Waals surface area contributed by atoms with E-state index in [0.29, 0.717) is 5.02 Å². The molecule has 704 valence electrons. The van der Waals surface area contributed by atoms with Crippen LogP contribution in [-0.2, 0) is 75.2 Å². The van der Waals surface area contributed by atoms with Gasteiger partial charge < -0.3 is 143 Å². The van der Waals surface area contributed by atoms with Crippen molar-refractivity contribution < 1.29 is 127 Å². The maximum atomic E-state index is 16.8. The SMILES string of the molecule is CN[C@H](CC(C)C)C(=O)N[C@H]1C(=O)N[C@@H](CC(N)=O)C(=O)N[C@H]2C(=O)N[C@H]3C(=O)N[C@H](C(=O)N[C@H](C(=O)O)c4cc(O)c(C)c(O)c4-c4cc3ccc4CO)[C@H](O[C@H]3C[C@](C)(NC)[C@@H](O)[C@H](C)O3)c3ccc(c(Cl)c3C)Oc3cc2cc(c3O[C@@H]2O[C@H](CO)[C@@H](O)[C@H](O)[C@H]2O[C@H]2C[C@](C)(NCc3ccc(-c4ccc(Cl)cc4)cc3)[C@@H](O)[C@H](C)O2)Oc2c(Cl)cc(c(C)c2C)[C@H]1O. The first kappa shape index (κ1) is 98.1. The van der Waals surface area contributed by atoms with E-state index in [1.54, 1.807) is 40.0 Å². The molecular formula is C92H109Cl3N10O26. The molecule has 15 rings (SSSR count). The molecule has 0 saturated carbocycles. The molecule has 8 aliphatic heterocycles. The summed E-state index contributed by atoms with van der Waals surface area (Å²) in [6, 6.07) is 11.2. The molecule has 0 spiro atoms. The van der Waals surface area contributed by atoms with Crippen molar-refractivity contribution in [1.29, 1.82) is 0 Å². The molecule has 0 radical (unpaired) electrons. The number of phenolic OH excluding ortho intramolecular Hbond substituents is 2. The molecule has 7 aromatic rings. The van der Waals surface area contributed by atoms with Crippen molar-refractivity contribution in [3.8, 4) is 62.5 Å². The number of hydrogen-bond donors (Lipinski definition) is 20. The number of nitrogens with two attached hydrogens (primary N) is 1. The molecule has 11 bridgehead atoms. The van der Waals surface area contributed by atoms with Crippen LogP contribution >= 0.6 is 34.8 Å². The molecule has 3 saturated heterocycles. The Bertz CT molecular complexity index is 5530. The molecule has 7 amide bonds. The Morgan fingerprint density at radius 1 is 0.641 bits per heavy atom. The third-order valence-electron chi connectivity index (χ3n) is 25.4. The largest absolute Gasteiger partial charge is 0.508 e. The van der Waals surface area contributed by atoms with Crippen LogP contribution in [0.15, 0.2) is 103 Å². The number of carbonyl (C=O) groups excluding carboxylic acids is 7. The quantitative estimate of drug-likeness (QED) is 0.0405. The molecule has 22 atom stereocenters. The lowest BCUT2D eigenvalue weighted by Crippen LogP contribution is -2.65. The summed E-state index contributed by atoms with van der Waals surface area (Å²) < 4.78 is 54.1. The summed E-state index contributed by atoms with van der Waals surface area (Å²) in [5, 5.41) is 143. The number of aliphatic hydroxyl groups excluding tert-OH is 7. The number of carboxylic acid groups (broad SMARTS) is 1. The molecule has 7 aromatic carbocycles. The van der Waals surface area contributed by atoms with Gasteiger partial charge >= 0.3 is 5.97 Å². The number of likely N-dealkylation sites (N-methyl/N-ethyl adjacent to an activating group) is 2. The number of aliphatic carboxylic acids is 1. The molecule has 3 fully saturated rings. The molecule has 39 heteroatoms. The smallest absolute Gasteiger partial charge is 0.330 e. The minimum atomic E-state index is -2.40. The van der Waals surface area contributed by atoms with E-state index in [2.05, 4.69) is 47.9 Å². The van der Waals surface area contributed by atoms with Gasteiger partial charge in [0, 0.05) is 52.2 Å². The van der Waals surface area contributed by atoms with Gasteiger partial charge in [-0.3, -0.25) is 33.6 Å². The van der Waals surface area contributed by atoms with Crippen LogP contribution in [0.1, 0.15) is 159 Å². The first-order chi connectivity index (χ1) is 62.0. The van der Waals surface area contributed by atoms with E-state index >= 15 is 24.0 Å². The minimum Gasteiger partial charge on any atom is -0.508 e. The number of aromatic hydroxyl groups is 2. The van der Waals surface area contributed by atoms with Crippen molar-refractivity contribution in [3.05, 3.63) is 179 Å². The number of aliphatic hydroxyl groups is 7. The van der Waals surface area contributed by atoms with Crippen LogP contribution in [0, 0.1) is 33.6 Å². The van der Waals surface area contributed by atoms with Crippen molar-refractivity contribution in [2.75, 3.05) is 20.7 Å². The number of halogens is 3. The first-order valence-electron chi connectivity index (χ1n) is 42.7. The minimum absolute atomic E-state index is 0.0369. The van der Waals surface area contributed by atoms with Gasteiger partial charge in [-0.15, -0.1) is 0 Å². The predicted molar refractivity (Wildman–Crippen MR) is 473 cm³/mol. The lowest BCUT2D eigenvalue weighted by molar-refractivity contribution is -0.334. The Balaban J connectivity index is 1.05. The van der Waals surface area contributed by atoms with E-state index in [4.69, 9.17) is 78.4 Å². The number of ether oxygens (including phenoxy) is 8. The van der Waals surface area contributed by atoms with Gasteiger partial charge in [-0.05, 0) is 197 Å². The molecule has 0 unspecified atom stereocenters. The number of primary amides is 1. The fourth-order valence-corrected chi connectivity index (χ4v) is 18.1. The predicted octanol–water partition coefficient (Wildman–Crippen LogP) is 5.78. The van der Waals surface area contributed by atoms with Crippen molar-refractivity contribution in [2.24, 2.45) is 11.7 Å². The number of carboxylic acids is 1. The number of amides is 7. The summed E-state index contributed by atoms with van der Waals surface area (Å²) in [4.78, 5) is 123. The average molecular weight is 1880 g/mol. The fourth-order valence-electron chi connectivity index (χ4n) is 17.5. The Labute approximate surface area is 768 Å².